The summed E-state index contributed by atoms with van der Waals surface area (Å²) in [6.07, 6.45) is 13.5. The summed E-state index contributed by atoms with van der Waals surface area (Å²) < 4.78 is 2.14. The van der Waals surface area contributed by atoms with Gasteiger partial charge in [0.05, 0.1) is 11.0 Å². The van der Waals surface area contributed by atoms with Gasteiger partial charge in [0.25, 0.3) is 5.91 Å². The average Bonchev–Trinajstić information content (AvgIpc) is 3.29. The Kier molecular flexibility index (Phi) is 8.77. The maximum Gasteiger partial charge on any atom is 0.251 e. The molecule has 0 aliphatic heterocycles. The van der Waals surface area contributed by atoms with Gasteiger partial charge in [-0.2, -0.15) is 0 Å². The fourth-order valence-electron chi connectivity index (χ4n) is 6.50. The summed E-state index contributed by atoms with van der Waals surface area (Å²) in [7, 11) is 0. The molecule has 6 nitrogen and oxygen atoms in total. The molecule has 1 heterocycles. The minimum Gasteiger partial charge on any atom is -0.352 e. The first-order chi connectivity index (χ1) is 18.6. The Hall–Kier alpha value is -3.15. The lowest BCUT2D eigenvalue weighted by Crippen LogP contribution is -2.50. The number of nitrogens with one attached hydrogen (secondary N) is 1. The third kappa shape index (κ3) is 6.11. The van der Waals surface area contributed by atoms with Gasteiger partial charge in [0.1, 0.15) is 12.4 Å². The van der Waals surface area contributed by atoms with Crippen LogP contribution in [0.15, 0.2) is 48.5 Å². The highest BCUT2D eigenvalue weighted by atomic mass is 16.2. The van der Waals surface area contributed by atoms with Crippen LogP contribution in [0.2, 0.25) is 0 Å². The van der Waals surface area contributed by atoms with Crippen molar-refractivity contribution in [2.75, 3.05) is 6.54 Å². The lowest BCUT2D eigenvalue weighted by molar-refractivity contribution is -0.138. The Morgan fingerprint density at radius 2 is 1.53 bits per heavy atom. The zero-order valence-corrected chi connectivity index (χ0v) is 22.8. The van der Waals surface area contributed by atoms with Crippen LogP contribution in [0.25, 0.3) is 11.0 Å². The third-order valence-corrected chi connectivity index (χ3v) is 8.50. The van der Waals surface area contributed by atoms with Crippen molar-refractivity contribution in [3.8, 4) is 0 Å². The van der Waals surface area contributed by atoms with Crippen molar-refractivity contribution in [2.45, 2.75) is 103 Å². The number of rotatable bonds is 9. The lowest BCUT2D eigenvalue weighted by atomic mass is 9.88. The van der Waals surface area contributed by atoms with Crippen LogP contribution in [0, 0.1) is 6.92 Å². The molecule has 2 amide bonds. The average molecular weight is 515 g/mol. The van der Waals surface area contributed by atoms with Gasteiger partial charge < -0.3 is 14.8 Å². The molecule has 202 valence electrons. The van der Waals surface area contributed by atoms with Crippen LogP contribution in [-0.2, 0) is 17.8 Å². The van der Waals surface area contributed by atoms with Crippen LogP contribution >= 0.6 is 0 Å². The minimum absolute atomic E-state index is 0.0395. The van der Waals surface area contributed by atoms with E-state index in [0.717, 1.165) is 60.1 Å². The van der Waals surface area contributed by atoms with E-state index in [4.69, 9.17) is 4.98 Å². The smallest absolute Gasteiger partial charge is 0.251 e. The number of aryl methyl sites for hydroxylation is 2. The lowest BCUT2D eigenvalue weighted by Gasteiger charge is -2.42. The van der Waals surface area contributed by atoms with Crippen molar-refractivity contribution < 1.29 is 9.59 Å². The number of imidazole rings is 1. The Bertz CT molecular complexity index is 1220. The Balaban J connectivity index is 1.30. The number of aromatic nitrogens is 2. The SMILES string of the molecule is Cc1ccccc1C(=O)NCCCc1nc2ccccc2n1CC(=O)N(C1CCCCC1)C1CCCCC1. The molecule has 0 unspecified atom stereocenters. The Morgan fingerprint density at radius 1 is 0.895 bits per heavy atom. The van der Waals surface area contributed by atoms with Crippen molar-refractivity contribution in [2.24, 2.45) is 0 Å². The van der Waals surface area contributed by atoms with Crippen molar-refractivity contribution >= 4 is 22.8 Å². The van der Waals surface area contributed by atoms with Crippen molar-refractivity contribution in [3.05, 3.63) is 65.5 Å². The molecule has 0 atom stereocenters. The molecule has 0 bridgehead atoms. The third-order valence-electron chi connectivity index (χ3n) is 8.50. The van der Waals surface area contributed by atoms with Crippen molar-refractivity contribution in [1.29, 1.82) is 0 Å². The van der Waals surface area contributed by atoms with Gasteiger partial charge in [-0.1, -0.05) is 68.9 Å². The zero-order chi connectivity index (χ0) is 26.3. The number of hydrogen-bond acceptors (Lipinski definition) is 3. The largest absolute Gasteiger partial charge is 0.352 e. The highest BCUT2D eigenvalue weighted by Crippen LogP contribution is 2.31. The second-order valence-corrected chi connectivity index (χ2v) is 11.2. The van der Waals surface area contributed by atoms with Crippen LogP contribution in [0.1, 0.15) is 92.4 Å². The molecule has 3 aromatic rings. The van der Waals surface area contributed by atoms with Gasteiger partial charge in [-0.3, -0.25) is 9.59 Å². The number of carbonyl (C=O) groups excluding carboxylic acids is 2. The zero-order valence-electron chi connectivity index (χ0n) is 22.8. The Labute approximate surface area is 226 Å². The topological polar surface area (TPSA) is 67.2 Å². The fraction of sp³-hybridized carbons (Fsp3) is 0.531. The van der Waals surface area contributed by atoms with E-state index in [0.29, 0.717) is 31.6 Å². The number of amides is 2. The van der Waals surface area contributed by atoms with Crippen LogP contribution in [0.3, 0.4) is 0 Å². The maximum atomic E-state index is 14.0. The van der Waals surface area contributed by atoms with Gasteiger partial charge in [-0.25, -0.2) is 4.98 Å². The standard InChI is InChI=1S/C32H42N4O2/c1-24-13-8-9-18-27(24)32(38)33-22-12-21-30-34-28-19-10-11-20-29(28)35(30)23-31(37)36(25-14-4-2-5-15-25)26-16-6-3-7-17-26/h8-11,13,18-20,25-26H,2-7,12,14-17,21-23H2,1H3,(H,33,38). The molecule has 2 fully saturated rings. The number of fused-ring (bicyclic) bond motifs is 1. The molecule has 1 N–H and O–H groups in total. The quantitative estimate of drug-likeness (QED) is 0.346. The predicted octanol–water partition coefficient (Wildman–Crippen LogP) is 6.20. The predicted molar refractivity (Wildman–Crippen MR) is 152 cm³/mol. The normalized spacial score (nSPS) is 17.0. The van der Waals surface area contributed by atoms with E-state index in [1.54, 1.807) is 0 Å². The molecular formula is C32H42N4O2. The summed E-state index contributed by atoms with van der Waals surface area (Å²) in [6.45, 7) is 2.87. The number of benzene rings is 2. The molecule has 0 saturated heterocycles. The van der Waals surface area contributed by atoms with E-state index in [-0.39, 0.29) is 11.8 Å². The van der Waals surface area contributed by atoms with Crippen LogP contribution in [-0.4, -0.2) is 44.9 Å². The molecule has 2 saturated carbocycles. The van der Waals surface area contributed by atoms with Gasteiger partial charge in [-0.15, -0.1) is 0 Å². The molecule has 2 aliphatic rings. The first-order valence-corrected chi connectivity index (χ1v) is 14.7. The second kappa shape index (κ2) is 12.6. The van der Waals surface area contributed by atoms with E-state index >= 15 is 0 Å². The van der Waals surface area contributed by atoms with Crippen LogP contribution in [0.5, 0.6) is 0 Å². The molecular weight excluding hydrogens is 472 g/mol. The van der Waals surface area contributed by atoms with Crippen molar-refractivity contribution in [1.82, 2.24) is 19.8 Å². The Morgan fingerprint density at radius 3 is 2.21 bits per heavy atom. The molecule has 0 spiro atoms. The molecule has 2 aromatic carbocycles. The van der Waals surface area contributed by atoms with Gasteiger partial charge in [0, 0.05) is 30.6 Å². The number of para-hydroxylation sites is 2. The summed E-state index contributed by atoms with van der Waals surface area (Å²) in [5.41, 5.74) is 3.65. The number of hydrogen-bond donors (Lipinski definition) is 1. The molecule has 38 heavy (non-hydrogen) atoms. The molecule has 2 aliphatic carbocycles. The van der Waals surface area contributed by atoms with E-state index in [1.165, 1.54) is 38.5 Å². The number of carbonyl (C=O) groups is 2. The molecule has 6 heteroatoms. The van der Waals surface area contributed by atoms with E-state index in [2.05, 4.69) is 20.9 Å². The van der Waals surface area contributed by atoms with E-state index < -0.39 is 0 Å². The molecule has 1 aromatic heterocycles. The first-order valence-electron chi connectivity index (χ1n) is 14.7. The van der Waals surface area contributed by atoms with Gasteiger partial charge in [0.15, 0.2) is 0 Å². The van der Waals surface area contributed by atoms with E-state index in [1.807, 2.05) is 49.4 Å². The van der Waals surface area contributed by atoms with Gasteiger partial charge in [-0.05, 0) is 62.8 Å². The maximum absolute atomic E-state index is 14.0. The van der Waals surface area contributed by atoms with Crippen LogP contribution in [0.4, 0.5) is 0 Å². The van der Waals surface area contributed by atoms with Crippen LogP contribution < -0.4 is 5.32 Å². The summed E-state index contributed by atoms with van der Waals surface area (Å²) in [4.78, 5) is 33.9. The summed E-state index contributed by atoms with van der Waals surface area (Å²) in [5, 5.41) is 3.06. The first kappa shape index (κ1) is 26.5. The number of nitrogens with zero attached hydrogens (tertiary/aromatic N) is 3. The summed E-state index contributed by atoms with van der Waals surface area (Å²) in [5.74, 6) is 1.14. The van der Waals surface area contributed by atoms with Crippen molar-refractivity contribution in [3.63, 3.8) is 0 Å². The highest BCUT2D eigenvalue weighted by Gasteiger charge is 2.33. The van der Waals surface area contributed by atoms with Gasteiger partial charge in [0.2, 0.25) is 5.91 Å². The second-order valence-electron chi connectivity index (χ2n) is 11.2. The monoisotopic (exact) mass is 514 g/mol. The minimum atomic E-state index is -0.0395. The highest BCUT2D eigenvalue weighted by molar-refractivity contribution is 5.95. The fourth-order valence-corrected chi connectivity index (χ4v) is 6.50. The molecule has 5 rings (SSSR count). The molecule has 0 radical (unpaired) electrons. The van der Waals surface area contributed by atoms with Gasteiger partial charge >= 0.3 is 0 Å². The summed E-state index contributed by atoms with van der Waals surface area (Å²) >= 11 is 0. The summed E-state index contributed by atoms with van der Waals surface area (Å²) in [6, 6.07) is 16.6. The van der Waals surface area contributed by atoms with E-state index in [9.17, 15) is 9.59 Å².